The number of carbonyl (C=O) groups excluding carboxylic acids is 1. The average Bonchev–Trinajstić information content (AvgIpc) is 3.01. The maximum absolute atomic E-state index is 12.4. The fraction of sp³-hybridized carbons (Fsp3) is 0.286. The molecule has 0 aliphatic carbocycles. The number of aromatic nitrogens is 1. The van der Waals surface area contributed by atoms with E-state index in [1.54, 1.807) is 11.3 Å². The Labute approximate surface area is 130 Å². The molecular weight excluding hydrogens is 338 g/mol. The van der Waals surface area contributed by atoms with Gasteiger partial charge in [-0.1, -0.05) is 22.0 Å². The molecule has 2 heterocycles. The largest absolute Gasteiger partial charge is 0.345 e. The Balaban J connectivity index is 1.65. The predicted octanol–water partition coefficient (Wildman–Crippen LogP) is 2.87. The number of carbonyl (C=O) groups is 1. The number of thiazole rings is 1. The van der Waals surface area contributed by atoms with Gasteiger partial charge in [0.25, 0.3) is 5.91 Å². The number of rotatable bonds is 2. The van der Waals surface area contributed by atoms with Gasteiger partial charge < -0.3 is 9.80 Å². The van der Waals surface area contributed by atoms with Crippen molar-refractivity contribution in [3.05, 3.63) is 45.9 Å². The molecule has 2 aromatic rings. The van der Waals surface area contributed by atoms with Gasteiger partial charge in [0, 0.05) is 47.8 Å². The summed E-state index contributed by atoms with van der Waals surface area (Å²) >= 11 is 5.05. The van der Waals surface area contributed by atoms with Gasteiger partial charge in [-0.3, -0.25) is 4.79 Å². The molecule has 6 heteroatoms. The molecule has 1 saturated heterocycles. The molecule has 1 aromatic heterocycles. The van der Waals surface area contributed by atoms with E-state index in [-0.39, 0.29) is 5.91 Å². The molecule has 1 fully saturated rings. The maximum Gasteiger partial charge on any atom is 0.254 e. The average molecular weight is 352 g/mol. The van der Waals surface area contributed by atoms with Gasteiger partial charge in [0.05, 0.1) is 0 Å². The lowest BCUT2D eigenvalue weighted by Gasteiger charge is -2.34. The summed E-state index contributed by atoms with van der Waals surface area (Å²) in [7, 11) is 0. The molecule has 0 bridgehead atoms. The molecule has 104 valence electrons. The van der Waals surface area contributed by atoms with Crippen LogP contribution in [-0.2, 0) is 0 Å². The van der Waals surface area contributed by atoms with E-state index in [9.17, 15) is 4.79 Å². The third-order valence-electron chi connectivity index (χ3n) is 3.33. The lowest BCUT2D eigenvalue weighted by molar-refractivity contribution is 0.0746. The highest BCUT2D eigenvalue weighted by atomic mass is 79.9. The molecule has 1 aliphatic rings. The Morgan fingerprint density at radius 1 is 1.25 bits per heavy atom. The molecule has 0 radical (unpaired) electrons. The highest BCUT2D eigenvalue weighted by Gasteiger charge is 2.23. The fourth-order valence-corrected chi connectivity index (χ4v) is 3.37. The van der Waals surface area contributed by atoms with Gasteiger partial charge in [-0.2, -0.15) is 0 Å². The van der Waals surface area contributed by atoms with Gasteiger partial charge in [0.15, 0.2) is 5.13 Å². The van der Waals surface area contributed by atoms with E-state index in [0.29, 0.717) is 0 Å². The minimum atomic E-state index is 0.102. The Kier molecular flexibility index (Phi) is 4.03. The summed E-state index contributed by atoms with van der Waals surface area (Å²) in [4.78, 5) is 20.9. The maximum atomic E-state index is 12.4. The standard InChI is InChI=1S/C14H14BrN3OS/c15-12-3-1-2-11(10-12)13(19)17-5-7-18(8-6-17)14-16-4-9-20-14/h1-4,9-10H,5-8H2. The van der Waals surface area contributed by atoms with Gasteiger partial charge in [0.1, 0.15) is 0 Å². The fourth-order valence-electron chi connectivity index (χ4n) is 2.28. The van der Waals surface area contributed by atoms with Crippen molar-refractivity contribution >= 4 is 38.3 Å². The molecule has 1 aromatic carbocycles. The van der Waals surface area contributed by atoms with Crippen molar-refractivity contribution in [3.8, 4) is 0 Å². The van der Waals surface area contributed by atoms with E-state index >= 15 is 0 Å². The lowest BCUT2D eigenvalue weighted by Crippen LogP contribution is -2.48. The van der Waals surface area contributed by atoms with Crippen molar-refractivity contribution in [2.45, 2.75) is 0 Å². The zero-order valence-corrected chi connectivity index (χ0v) is 13.2. The Hall–Kier alpha value is -1.40. The molecule has 0 N–H and O–H groups in total. The first-order chi connectivity index (χ1) is 9.74. The van der Waals surface area contributed by atoms with Gasteiger partial charge in [0.2, 0.25) is 0 Å². The Bertz CT molecular complexity index is 594. The van der Waals surface area contributed by atoms with Gasteiger partial charge in [-0.05, 0) is 18.2 Å². The number of benzene rings is 1. The molecule has 1 amide bonds. The first kappa shape index (κ1) is 13.6. The second-order valence-corrected chi connectivity index (χ2v) is 6.39. The van der Waals surface area contributed by atoms with Crippen LogP contribution >= 0.6 is 27.3 Å². The summed E-state index contributed by atoms with van der Waals surface area (Å²) in [6.45, 7) is 3.16. The van der Waals surface area contributed by atoms with Crippen LogP contribution in [0.25, 0.3) is 0 Å². The van der Waals surface area contributed by atoms with Crippen LogP contribution in [0.1, 0.15) is 10.4 Å². The first-order valence-corrected chi connectivity index (χ1v) is 8.10. The summed E-state index contributed by atoms with van der Waals surface area (Å²) in [5.74, 6) is 0.102. The van der Waals surface area contributed by atoms with Crippen molar-refractivity contribution in [1.82, 2.24) is 9.88 Å². The van der Waals surface area contributed by atoms with Crippen molar-refractivity contribution in [1.29, 1.82) is 0 Å². The minimum Gasteiger partial charge on any atom is -0.345 e. The quantitative estimate of drug-likeness (QED) is 0.834. The summed E-state index contributed by atoms with van der Waals surface area (Å²) in [5.41, 5.74) is 0.738. The molecule has 1 aliphatic heterocycles. The van der Waals surface area contributed by atoms with Crippen molar-refractivity contribution in [2.75, 3.05) is 31.1 Å². The van der Waals surface area contributed by atoms with Gasteiger partial charge in [-0.25, -0.2) is 4.98 Å². The molecular formula is C14H14BrN3OS. The number of nitrogens with zero attached hydrogens (tertiary/aromatic N) is 3. The molecule has 4 nitrogen and oxygen atoms in total. The smallest absolute Gasteiger partial charge is 0.254 e. The van der Waals surface area contributed by atoms with E-state index in [4.69, 9.17) is 0 Å². The zero-order chi connectivity index (χ0) is 13.9. The molecule has 0 spiro atoms. The molecule has 0 unspecified atom stereocenters. The normalized spacial score (nSPS) is 15.4. The van der Waals surface area contributed by atoms with E-state index in [1.165, 1.54) is 0 Å². The molecule has 0 saturated carbocycles. The Morgan fingerprint density at radius 2 is 2.05 bits per heavy atom. The number of hydrogen-bond acceptors (Lipinski definition) is 4. The molecule has 0 atom stereocenters. The monoisotopic (exact) mass is 351 g/mol. The highest BCUT2D eigenvalue weighted by Crippen LogP contribution is 2.20. The van der Waals surface area contributed by atoms with Gasteiger partial charge >= 0.3 is 0 Å². The van der Waals surface area contributed by atoms with Gasteiger partial charge in [-0.15, -0.1) is 11.3 Å². The van der Waals surface area contributed by atoms with Crippen LogP contribution in [0.3, 0.4) is 0 Å². The van der Waals surface area contributed by atoms with Crippen LogP contribution < -0.4 is 4.90 Å². The summed E-state index contributed by atoms with van der Waals surface area (Å²) < 4.78 is 0.935. The van der Waals surface area contributed by atoms with Crippen molar-refractivity contribution in [3.63, 3.8) is 0 Å². The number of anilines is 1. The second-order valence-electron chi connectivity index (χ2n) is 4.60. The van der Waals surface area contributed by atoms with E-state index in [1.807, 2.05) is 40.7 Å². The van der Waals surface area contributed by atoms with Crippen LogP contribution in [0.5, 0.6) is 0 Å². The predicted molar refractivity (Wildman–Crippen MR) is 84.4 cm³/mol. The number of halogens is 1. The topological polar surface area (TPSA) is 36.4 Å². The summed E-state index contributed by atoms with van der Waals surface area (Å²) in [6.07, 6.45) is 1.82. The number of piperazine rings is 1. The molecule has 3 rings (SSSR count). The third-order valence-corrected chi connectivity index (χ3v) is 4.65. The second kappa shape index (κ2) is 5.93. The van der Waals surface area contributed by atoms with Crippen LogP contribution in [0.4, 0.5) is 5.13 Å². The van der Waals surface area contributed by atoms with Crippen LogP contribution in [0, 0.1) is 0 Å². The Morgan fingerprint density at radius 3 is 2.70 bits per heavy atom. The lowest BCUT2D eigenvalue weighted by atomic mass is 10.2. The zero-order valence-electron chi connectivity index (χ0n) is 10.8. The summed E-state index contributed by atoms with van der Waals surface area (Å²) in [6, 6.07) is 7.55. The number of hydrogen-bond donors (Lipinski definition) is 0. The summed E-state index contributed by atoms with van der Waals surface area (Å²) in [5, 5.41) is 3.02. The minimum absolute atomic E-state index is 0.102. The van der Waals surface area contributed by atoms with E-state index in [2.05, 4.69) is 25.8 Å². The van der Waals surface area contributed by atoms with Crippen molar-refractivity contribution in [2.24, 2.45) is 0 Å². The number of amides is 1. The van der Waals surface area contributed by atoms with Crippen LogP contribution in [0.15, 0.2) is 40.3 Å². The van der Waals surface area contributed by atoms with Crippen LogP contribution in [-0.4, -0.2) is 42.0 Å². The highest BCUT2D eigenvalue weighted by molar-refractivity contribution is 9.10. The van der Waals surface area contributed by atoms with Crippen molar-refractivity contribution < 1.29 is 4.79 Å². The SMILES string of the molecule is O=C(c1cccc(Br)c1)N1CCN(c2nccs2)CC1. The first-order valence-electron chi connectivity index (χ1n) is 6.43. The van der Waals surface area contributed by atoms with E-state index < -0.39 is 0 Å². The van der Waals surface area contributed by atoms with E-state index in [0.717, 1.165) is 41.3 Å². The van der Waals surface area contributed by atoms with Crippen LogP contribution in [0.2, 0.25) is 0 Å². The third kappa shape index (κ3) is 2.86. The molecule has 20 heavy (non-hydrogen) atoms.